The molecule has 1 unspecified atom stereocenters. The highest BCUT2D eigenvalue weighted by Crippen LogP contribution is 2.21. The zero-order chi connectivity index (χ0) is 11.4. The van der Waals surface area contributed by atoms with Gasteiger partial charge in [-0.3, -0.25) is 0 Å². The van der Waals surface area contributed by atoms with E-state index >= 15 is 0 Å². The lowest BCUT2D eigenvalue weighted by Gasteiger charge is -2.11. The van der Waals surface area contributed by atoms with Crippen LogP contribution in [0.4, 0.5) is 5.13 Å². The Balaban J connectivity index is 1.91. The molecule has 2 aromatic rings. The van der Waals surface area contributed by atoms with Crippen LogP contribution in [-0.4, -0.2) is 4.98 Å². The predicted molar refractivity (Wildman–Crippen MR) is 68.2 cm³/mol. The molecule has 0 fully saturated rings. The third kappa shape index (κ3) is 2.81. The number of nitrogen functional groups attached to an aromatic ring is 1. The molecular formula is C12H15N3S. The van der Waals surface area contributed by atoms with Crippen molar-refractivity contribution in [3.05, 3.63) is 47.0 Å². The van der Waals surface area contributed by atoms with E-state index < -0.39 is 0 Å². The predicted octanol–water partition coefficient (Wildman–Crippen LogP) is 2.58. The van der Waals surface area contributed by atoms with E-state index in [1.165, 1.54) is 21.8 Å². The molecule has 0 bridgehead atoms. The van der Waals surface area contributed by atoms with Crippen molar-refractivity contribution in [2.45, 2.75) is 19.5 Å². The molecule has 0 spiro atoms. The minimum absolute atomic E-state index is 0.287. The van der Waals surface area contributed by atoms with Gasteiger partial charge >= 0.3 is 0 Å². The van der Waals surface area contributed by atoms with E-state index in [4.69, 9.17) is 5.73 Å². The smallest absolute Gasteiger partial charge is 0.180 e. The molecule has 84 valence electrons. The minimum Gasteiger partial charge on any atom is -0.375 e. The fourth-order valence-electron chi connectivity index (χ4n) is 1.47. The molecular weight excluding hydrogens is 218 g/mol. The minimum atomic E-state index is 0.287. The maximum Gasteiger partial charge on any atom is 0.180 e. The topological polar surface area (TPSA) is 50.9 Å². The molecule has 0 aliphatic heterocycles. The molecule has 3 nitrogen and oxygen atoms in total. The highest BCUT2D eigenvalue weighted by Gasteiger charge is 2.07. The molecule has 1 aromatic carbocycles. The molecule has 2 rings (SSSR count). The first kappa shape index (κ1) is 11.1. The second kappa shape index (κ2) is 5.09. The molecule has 1 heterocycles. The first-order valence-electron chi connectivity index (χ1n) is 5.24. The molecule has 0 radical (unpaired) electrons. The summed E-state index contributed by atoms with van der Waals surface area (Å²) < 4.78 is 0. The van der Waals surface area contributed by atoms with Crippen molar-refractivity contribution in [1.82, 2.24) is 10.3 Å². The molecule has 0 saturated heterocycles. The van der Waals surface area contributed by atoms with E-state index in [0.29, 0.717) is 5.13 Å². The van der Waals surface area contributed by atoms with E-state index in [1.54, 1.807) is 0 Å². The van der Waals surface area contributed by atoms with Crippen molar-refractivity contribution in [2.24, 2.45) is 0 Å². The SMILES string of the molecule is CC(NCc1ccccc1)c1cnc(N)s1. The Morgan fingerprint density at radius 3 is 2.75 bits per heavy atom. The van der Waals surface area contributed by atoms with Crippen molar-refractivity contribution in [3.8, 4) is 0 Å². The van der Waals surface area contributed by atoms with E-state index in [0.717, 1.165) is 6.54 Å². The number of nitrogens with zero attached hydrogens (tertiary/aromatic N) is 1. The summed E-state index contributed by atoms with van der Waals surface area (Å²) in [6, 6.07) is 10.6. The van der Waals surface area contributed by atoms with Gasteiger partial charge in [0.15, 0.2) is 5.13 Å². The van der Waals surface area contributed by atoms with Crippen LogP contribution in [-0.2, 0) is 6.54 Å². The number of aromatic nitrogens is 1. The zero-order valence-electron chi connectivity index (χ0n) is 9.18. The number of hydrogen-bond acceptors (Lipinski definition) is 4. The van der Waals surface area contributed by atoms with E-state index in [9.17, 15) is 0 Å². The van der Waals surface area contributed by atoms with Gasteiger partial charge in [-0.1, -0.05) is 30.3 Å². The van der Waals surface area contributed by atoms with Gasteiger partial charge in [-0.05, 0) is 12.5 Å². The van der Waals surface area contributed by atoms with Crippen LogP contribution in [0.5, 0.6) is 0 Å². The number of hydrogen-bond donors (Lipinski definition) is 2. The number of anilines is 1. The first-order valence-corrected chi connectivity index (χ1v) is 6.06. The monoisotopic (exact) mass is 233 g/mol. The van der Waals surface area contributed by atoms with Gasteiger partial charge in [0.1, 0.15) is 0 Å². The lowest BCUT2D eigenvalue weighted by atomic mass is 10.2. The van der Waals surface area contributed by atoms with Crippen molar-refractivity contribution in [3.63, 3.8) is 0 Å². The average Bonchev–Trinajstić information content (AvgIpc) is 2.74. The average molecular weight is 233 g/mol. The van der Waals surface area contributed by atoms with Gasteiger partial charge in [0.25, 0.3) is 0 Å². The molecule has 1 atom stereocenters. The number of benzene rings is 1. The molecule has 0 aliphatic carbocycles. The summed E-state index contributed by atoms with van der Waals surface area (Å²) in [5.41, 5.74) is 6.89. The fraction of sp³-hybridized carbons (Fsp3) is 0.250. The lowest BCUT2D eigenvalue weighted by molar-refractivity contribution is 0.582. The van der Waals surface area contributed by atoms with Crippen LogP contribution in [0.15, 0.2) is 36.5 Å². The Labute approximate surface area is 99.3 Å². The standard InChI is InChI=1S/C12H15N3S/c1-9(11-8-15-12(13)16-11)14-7-10-5-3-2-4-6-10/h2-6,8-9,14H,7H2,1H3,(H2,13,15). The third-order valence-corrected chi connectivity index (χ3v) is 3.43. The van der Waals surface area contributed by atoms with Crippen molar-refractivity contribution in [2.75, 3.05) is 5.73 Å². The lowest BCUT2D eigenvalue weighted by Crippen LogP contribution is -2.16. The Bertz CT molecular complexity index is 439. The van der Waals surface area contributed by atoms with Gasteiger partial charge in [-0.2, -0.15) is 0 Å². The summed E-state index contributed by atoms with van der Waals surface area (Å²) in [4.78, 5) is 5.22. The molecule has 0 saturated carbocycles. The highest BCUT2D eigenvalue weighted by atomic mass is 32.1. The summed E-state index contributed by atoms with van der Waals surface area (Å²) in [5, 5.41) is 4.07. The fourth-order valence-corrected chi connectivity index (χ4v) is 2.18. The Morgan fingerprint density at radius 2 is 2.12 bits per heavy atom. The maximum absolute atomic E-state index is 5.60. The van der Waals surface area contributed by atoms with Crippen LogP contribution in [0.2, 0.25) is 0 Å². The van der Waals surface area contributed by atoms with E-state index in [-0.39, 0.29) is 6.04 Å². The number of nitrogens with one attached hydrogen (secondary N) is 1. The van der Waals surface area contributed by atoms with Gasteiger partial charge in [0, 0.05) is 23.7 Å². The van der Waals surface area contributed by atoms with Crippen LogP contribution in [0, 0.1) is 0 Å². The van der Waals surface area contributed by atoms with Crippen LogP contribution in [0.3, 0.4) is 0 Å². The molecule has 0 amide bonds. The van der Waals surface area contributed by atoms with Gasteiger partial charge in [-0.25, -0.2) is 4.98 Å². The van der Waals surface area contributed by atoms with Gasteiger partial charge in [0.2, 0.25) is 0 Å². The summed E-state index contributed by atoms with van der Waals surface area (Å²) in [6.45, 7) is 2.98. The summed E-state index contributed by atoms with van der Waals surface area (Å²) in [5.74, 6) is 0. The molecule has 16 heavy (non-hydrogen) atoms. The number of rotatable bonds is 4. The van der Waals surface area contributed by atoms with Gasteiger partial charge < -0.3 is 11.1 Å². The first-order chi connectivity index (χ1) is 7.75. The molecule has 0 aliphatic rings. The second-order valence-electron chi connectivity index (χ2n) is 3.69. The van der Waals surface area contributed by atoms with Crippen molar-refractivity contribution in [1.29, 1.82) is 0 Å². The summed E-state index contributed by atoms with van der Waals surface area (Å²) in [7, 11) is 0. The van der Waals surface area contributed by atoms with E-state index in [2.05, 4.69) is 29.4 Å². The molecule has 3 N–H and O–H groups in total. The Morgan fingerprint density at radius 1 is 1.38 bits per heavy atom. The van der Waals surface area contributed by atoms with Crippen LogP contribution in [0.25, 0.3) is 0 Å². The van der Waals surface area contributed by atoms with Crippen LogP contribution >= 0.6 is 11.3 Å². The highest BCUT2D eigenvalue weighted by molar-refractivity contribution is 7.15. The van der Waals surface area contributed by atoms with E-state index in [1.807, 2.05) is 24.4 Å². The maximum atomic E-state index is 5.60. The molecule has 1 aromatic heterocycles. The summed E-state index contributed by atoms with van der Waals surface area (Å²) in [6.07, 6.45) is 1.84. The largest absolute Gasteiger partial charge is 0.375 e. The van der Waals surface area contributed by atoms with Crippen molar-refractivity contribution < 1.29 is 0 Å². The summed E-state index contributed by atoms with van der Waals surface area (Å²) >= 11 is 1.54. The van der Waals surface area contributed by atoms with Crippen LogP contribution in [0.1, 0.15) is 23.4 Å². The third-order valence-electron chi connectivity index (χ3n) is 2.42. The van der Waals surface area contributed by atoms with Gasteiger partial charge in [0.05, 0.1) is 0 Å². The molecule has 4 heteroatoms. The Hall–Kier alpha value is -1.39. The van der Waals surface area contributed by atoms with Crippen LogP contribution < -0.4 is 11.1 Å². The van der Waals surface area contributed by atoms with Crippen molar-refractivity contribution >= 4 is 16.5 Å². The zero-order valence-corrected chi connectivity index (χ0v) is 10.00. The number of thiazole rings is 1. The normalized spacial score (nSPS) is 12.6. The van der Waals surface area contributed by atoms with Gasteiger partial charge in [-0.15, -0.1) is 11.3 Å². The number of nitrogens with two attached hydrogens (primary N) is 1. The quantitative estimate of drug-likeness (QED) is 0.853. The second-order valence-corrected chi connectivity index (χ2v) is 4.78. The Kier molecular flexibility index (Phi) is 3.54.